The van der Waals surface area contributed by atoms with Crippen LogP contribution in [0.1, 0.15) is 6.42 Å². The van der Waals surface area contributed by atoms with Crippen LogP contribution in [0.15, 0.2) is 0 Å². The lowest BCUT2D eigenvalue weighted by molar-refractivity contribution is -0.148. The highest BCUT2D eigenvalue weighted by molar-refractivity contribution is 7.99. The third kappa shape index (κ3) is 2.91. The first-order valence-corrected chi connectivity index (χ1v) is 4.47. The molecule has 0 saturated carbocycles. The topological polar surface area (TPSA) is 20.2 Å². The summed E-state index contributed by atoms with van der Waals surface area (Å²) >= 11 is 1.38. The number of hydrogen-bond donors (Lipinski definition) is 1. The van der Waals surface area contributed by atoms with Gasteiger partial charge in [0.05, 0.1) is 6.10 Å². The van der Waals surface area contributed by atoms with E-state index in [4.69, 9.17) is 5.11 Å². The van der Waals surface area contributed by atoms with Crippen molar-refractivity contribution >= 4 is 11.8 Å². The van der Waals surface area contributed by atoms with Crippen LogP contribution in [0, 0.1) is 5.92 Å². The van der Waals surface area contributed by atoms with E-state index >= 15 is 0 Å². The van der Waals surface area contributed by atoms with E-state index in [1.54, 1.807) is 0 Å². The molecule has 0 aromatic rings. The van der Waals surface area contributed by atoms with Gasteiger partial charge in [-0.2, -0.15) is 24.9 Å². The molecule has 0 bridgehead atoms. The zero-order valence-corrected chi connectivity index (χ0v) is 6.58. The van der Waals surface area contributed by atoms with Crippen molar-refractivity contribution in [2.75, 3.05) is 11.5 Å². The van der Waals surface area contributed by atoms with Crippen molar-refractivity contribution in [3.63, 3.8) is 0 Å². The van der Waals surface area contributed by atoms with Crippen molar-refractivity contribution in [3.8, 4) is 0 Å². The number of aliphatic hydroxyl groups is 1. The lowest BCUT2D eigenvalue weighted by Gasteiger charge is -2.14. The van der Waals surface area contributed by atoms with E-state index in [-0.39, 0.29) is 0 Å². The molecule has 1 aliphatic rings. The quantitative estimate of drug-likeness (QED) is 0.672. The number of rotatable bonds is 1. The number of hydrogen-bond acceptors (Lipinski definition) is 2. The Hall–Kier alpha value is 0.100. The van der Waals surface area contributed by atoms with Gasteiger partial charge in [0, 0.05) is 18.1 Å². The first-order chi connectivity index (χ1) is 4.99. The van der Waals surface area contributed by atoms with Gasteiger partial charge in [-0.15, -0.1) is 0 Å². The van der Waals surface area contributed by atoms with Crippen LogP contribution in [0.5, 0.6) is 0 Å². The molecule has 0 aromatic heterocycles. The van der Waals surface area contributed by atoms with Gasteiger partial charge < -0.3 is 5.11 Å². The fourth-order valence-electron chi connectivity index (χ4n) is 1.08. The Morgan fingerprint density at radius 1 is 1.36 bits per heavy atom. The molecule has 1 fully saturated rings. The van der Waals surface area contributed by atoms with Gasteiger partial charge in [-0.05, 0) is 5.75 Å². The second kappa shape index (κ2) is 3.23. The lowest BCUT2D eigenvalue weighted by Crippen LogP contribution is -2.24. The molecule has 0 aromatic carbocycles. The van der Waals surface area contributed by atoms with Crippen molar-refractivity contribution in [2.45, 2.75) is 18.7 Å². The molecular weight excluding hydrogens is 177 g/mol. The molecule has 1 heterocycles. The van der Waals surface area contributed by atoms with E-state index in [1.165, 1.54) is 11.8 Å². The first kappa shape index (κ1) is 9.19. The summed E-state index contributed by atoms with van der Waals surface area (Å²) in [6, 6.07) is 0. The minimum absolute atomic E-state index is 0.431. The normalized spacial score (nSPS) is 32.7. The molecule has 1 saturated heterocycles. The van der Waals surface area contributed by atoms with Gasteiger partial charge in [-0.1, -0.05) is 0 Å². The summed E-state index contributed by atoms with van der Waals surface area (Å²) in [6.07, 6.45) is -5.74. The predicted molar refractivity (Wildman–Crippen MR) is 37.5 cm³/mol. The SMILES string of the molecule is OC1CSCC1CC(F)(F)F. The minimum Gasteiger partial charge on any atom is -0.392 e. The maximum atomic E-state index is 11.8. The van der Waals surface area contributed by atoms with Crippen molar-refractivity contribution in [1.29, 1.82) is 0 Å². The molecule has 0 aliphatic carbocycles. The maximum Gasteiger partial charge on any atom is 0.389 e. The summed E-state index contributed by atoms with van der Waals surface area (Å²) in [5.41, 5.74) is 0. The molecule has 2 unspecified atom stereocenters. The monoisotopic (exact) mass is 186 g/mol. The van der Waals surface area contributed by atoms with Crippen molar-refractivity contribution in [2.24, 2.45) is 5.92 Å². The minimum atomic E-state index is -4.13. The summed E-state index contributed by atoms with van der Waals surface area (Å²) in [5.74, 6) is 0.293. The molecule has 1 rings (SSSR count). The molecule has 0 radical (unpaired) electrons. The van der Waals surface area contributed by atoms with Crippen LogP contribution < -0.4 is 0 Å². The standard InChI is InChI=1S/C6H9F3OS/c7-6(8,9)1-4-2-11-3-5(4)10/h4-5,10H,1-3H2. The highest BCUT2D eigenvalue weighted by Crippen LogP contribution is 2.33. The summed E-state index contributed by atoms with van der Waals surface area (Å²) in [7, 11) is 0. The summed E-state index contributed by atoms with van der Waals surface area (Å²) in [6.45, 7) is 0. The second-order valence-electron chi connectivity index (χ2n) is 2.68. The Balaban J connectivity index is 2.37. The smallest absolute Gasteiger partial charge is 0.389 e. The third-order valence-electron chi connectivity index (χ3n) is 1.66. The largest absolute Gasteiger partial charge is 0.392 e. The van der Waals surface area contributed by atoms with Gasteiger partial charge in [0.25, 0.3) is 0 Å². The van der Waals surface area contributed by atoms with E-state index < -0.39 is 24.6 Å². The van der Waals surface area contributed by atoms with Gasteiger partial charge in [-0.3, -0.25) is 0 Å². The molecule has 2 atom stereocenters. The summed E-state index contributed by atoms with van der Waals surface area (Å²) in [4.78, 5) is 0. The molecule has 11 heavy (non-hydrogen) atoms. The predicted octanol–water partition coefficient (Wildman–Crippen LogP) is 1.66. The Bertz CT molecular complexity index is 136. The fourth-order valence-corrected chi connectivity index (χ4v) is 2.37. The highest BCUT2D eigenvalue weighted by Gasteiger charge is 2.37. The Labute approximate surface area is 67.0 Å². The zero-order chi connectivity index (χ0) is 8.48. The van der Waals surface area contributed by atoms with E-state index in [0.29, 0.717) is 11.5 Å². The number of halogens is 3. The van der Waals surface area contributed by atoms with Crippen molar-refractivity contribution in [3.05, 3.63) is 0 Å². The number of aliphatic hydroxyl groups excluding tert-OH is 1. The van der Waals surface area contributed by atoms with Gasteiger partial charge in [0.15, 0.2) is 0 Å². The van der Waals surface area contributed by atoms with Crippen LogP contribution in [-0.2, 0) is 0 Å². The number of thioether (sulfide) groups is 1. The molecular formula is C6H9F3OS. The maximum absolute atomic E-state index is 11.8. The average Bonchev–Trinajstić information content (AvgIpc) is 2.12. The van der Waals surface area contributed by atoms with Crippen LogP contribution >= 0.6 is 11.8 Å². The van der Waals surface area contributed by atoms with Crippen molar-refractivity contribution in [1.82, 2.24) is 0 Å². The lowest BCUT2D eigenvalue weighted by atomic mass is 10.0. The third-order valence-corrected chi connectivity index (χ3v) is 2.90. The number of alkyl halides is 3. The van der Waals surface area contributed by atoms with Crippen LogP contribution in [0.4, 0.5) is 13.2 Å². The Morgan fingerprint density at radius 2 is 2.00 bits per heavy atom. The van der Waals surface area contributed by atoms with Crippen LogP contribution in [0.25, 0.3) is 0 Å². The molecule has 1 nitrogen and oxygen atoms in total. The van der Waals surface area contributed by atoms with Gasteiger partial charge in [0.1, 0.15) is 0 Å². The fraction of sp³-hybridized carbons (Fsp3) is 1.00. The van der Waals surface area contributed by atoms with E-state index in [0.717, 1.165) is 0 Å². The van der Waals surface area contributed by atoms with Gasteiger partial charge >= 0.3 is 6.18 Å². The van der Waals surface area contributed by atoms with Crippen LogP contribution in [-0.4, -0.2) is 28.9 Å². The molecule has 5 heteroatoms. The first-order valence-electron chi connectivity index (χ1n) is 3.31. The zero-order valence-electron chi connectivity index (χ0n) is 5.77. The Kier molecular flexibility index (Phi) is 2.70. The van der Waals surface area contributed by atoms with Gasteiger partial charge in [0.2, 0.25) is 0 Å². The van der Waals surface area contributed by atoms with Crippen molar-refractivity contribution < 1.29 is 18.3 Å². The van der Waals surface area contributed by atoms with Crippen LogP contribution in [0.3, 0.4) is 0 Å². The van der Waals surface area contributed by atoms with E-state index in [1.807, 2.05) is 0 Å². The van der Waals surface area contributed by atoms with E-state index in [2.05, 4.69) is 0 Å². The average molecular weight is 186 g/mol. The summed E-state index contributed by atoms with van der Waals surface area (Å²) < 4.78 is 35.3. The molecule has 1 aliphatic heterocycles. The molecule has 0 spiro atoms. The molecule has 1 N–H and O–H groups in total. The molecule has 0 amide bonds. The van der Waals surface area contributed by atoms with Gasteiger partial charge in [-0.25, -0.2) is 0 Å². The second-order valence-corrected chi connectivity index (χ2v) is 3.76. The van der Waals surface area contributed by atoms with E-state index in [9.17, 15) is 13.2 Å². The Morgan fingerprint density at radius 3 is 2.36 bits per heavy atom. The molecule has 66 valence electrons. The highest BCUT2D eigenvalue weighted by atomic mass is 32.2. The summed E-state index contributed by atoms with van der Waals surface area (Å²) in [5, 5.41) is 9.03. The van der Waals surface area contributed by atoms with Crippen LogP contribution in [0.2, 0.25) is 0 Å².